The van der Waals surface area contributed by atoms with Gasteiger partial charge >= 0.3 is 5.97 Å². The fourth-order valence-electron chi connectivity index (χ4n) is 7.46. The predicted molar refractivity (Wildman–Crippen MR) is 189 cm³/mol. The number of ether oxygens (including phenoxy) is 2. The fraction of sp³-hybridized carbons (Fsp3) is 0.488. The summed E-state index contributed by atoms with van der Waals surface area (Å²) in [6, 6.07) is 19.4. The quantitative estimate of drug-likeness (QED) is 0.217. The van der Waals surface area contributed by atoms with Crippen LogP contribution in [0.2, 0.25) is 0 Å². The van der Waals surface area contributed by atoms with Crippen molar-refractivity contribution in [2.24, 2.45) is 5.92 Å². The van der Waals surface area contributed by atoms with Gasteiger partial charge in [-0.3, -0.25) is 9.59 Å². The summed E-state index contributed by atoms with van der Waals surface area (Å²) < 4.78 is 12.3. The highest BCUT2D eigenvalue weighted by Gasteiger charge is 2.37. The number of nitrogens with one attached hydrogen (secondary N) is 1. The molecule has 2 fully saturated rings. The topological polar surface area (TPSA) is 105 Å². The molecule has 2 saturated carbocycles. The summed E-state index contributed by atoms with van der Waals surface area (Å²) in [6.45, 7) is 6.78. The summed E-state index contributed by atoms with van der Waals surface area (Å²) in [5.74, 6) is 0.859. The number of carboxylic acid groups (broad SMARTS) is 1. The van der Waals surface area contributed by atoms with Crippen molar-refractivity contribution in [3.8, 4) is 17.2 Å². The summed E-state index contributed by atoms with van der Waals surface area (Å²) in [7, 11) is 0. The summed E-state index contributed by atoms with van der Waals surface area (Å²) in [4.78, 5) is 41.8. The Morgan fingerprint density at radius 2 is 1.47 bits per heavy atom. The van der Waals surface area contributed by atoms with Crippen molar-refractivity contribution >= 4 is 17.8 Å². The molecule has 2 aliphatic carbocycles. The van der Waals surface area contributed by atoms with E-state index in [0.29, 0.717) is 24.5 Å². The SMILES string of the molecule is CC(C)(C)c1ccc(Oc2ccc3c(c2)CN(C(=O)CC2CCCC2)C(C(=O)NC(Cc2ccc(OC4CCCC4)cc2)C(=O)O)C3)cc1. The lowest BCUT2D eigenvalue weighted by molar-refractivity contribution is -0.145. The second-order valence-corrected chi connectivity index (χ2v) is 15.2. The van der Waals surface area contributed by atoms with Crippen molar-refractivity contribution in [3.05, 3.63) is 89.0 Å². The van der Waals surface area contributed by atoms with Gasteiger partial charge in [-0.15, -0.1) is 0 Å². The van der Waals surface area contributed by atoms with Crippen molar-refractivity contribution in [2.75, 3.05) is 0 Å². The first kappa shape index (κ1) is 34.5. The Morgan fingerprint density at radius 3 is 2.12 bits per heavy atom. The van der Waals surface area contributed by atoms with Gasteiger partial charge in [0.1, 0.15) is 29.3 Å². The van der Waals surface area contributed by atoms with E-state index in [0.717, 1.165) is 66.7 Å². The molecule has 49 heavy (non-hydrogen) atoms. The number of rotatable bonds is 11. The average Bonchev–Trinajstić information content (AvgIpc) is 3.79. The van der Waals surface area contributed by atoms with Crippen LogP contribution in [0.15, 0.2) is 66.7 Å². The Morgan fingerprint density at radius 1 is 0.837 bits per heavy atom. The van der Waals surface area contributed by atoms with Crippen molar-refractivity contribution < 1.29 is 29.0 Å². The van der Waals surface area contributed by atoms with E-state index in [9.17, 15) is 19.5 Å². The normalized spacial score (nSPS) is 18.9. The number of fused-ring (bicyclic) bond motifs is 1. The number of aliphatic carboxylic acids is 1. The molecule has 6 rings (SSSR count). The van der Waals surface area contributed by atoms with Gasteiger partial charge in [0.25, 0.3) is 0 Å². The van der Waals surface area contributed by atoms with E-state index in [1.807, 2.05) is 54.6 Å². The van der Waals surface area contributed by atoms with E-state index in [-0.39, 0.29) is 30.4 Å². The Hall–Kier alpha value is -4.33. The number of hydrogen-bond acceptors (Lipinski definition) is 5. The molecule has 2 N–H and O–H groups in total. The number of carbonyl (C=O) groups is 3. The molecule has 0 spiro atoms. The van der Waals surface area contributed by atoms with Gasteiger partial charge in [-0.05, 0) is 109 Å². The van der Waals surface area contributed by atoms with Gasteiger partial charge in [-0.2, -0.15) is 0 Å². The molecule has 2 unspecified atom stereocenters. The van der Waals surface area contributed by atoms with Gasteiger partial charge in [0, 0.05) is 25.8 Å². The molecule has 0 bridgehead atoms. The summed E-state index contributed by atoms with van der Waals surface area (Å²) >= 11 is 0. The highest BCUT2D eigenvalue weighted by atomic mass is 16.5. The molecule has 0 radical (unpaired) electrons. The van der Waals surface area contributed by atoms with Gasteiger partial charge in [0.2, 0.25) is 11.8 Å². The smallest absolute Gasteiger partial charge is 0.326 e. The van der Waals surface area contributed by atoms with E-state index in [1.54, 1.807) is 4.90 Å². The van der Waals surface area contributed by atoms with Gasteiger partial charge < -0.3 is 24.8 Å². The number of nitrogens with zero attached hydrogens (tertiary/aromatic N) is 1. The third-order valence-corrected chi connectivity index (χ3v) is 10.4. The minimum Gasteiger partial charge on any atom is -0.490 e. The third kappa shape index (κ3) is 8.83. The van der Waals surface area contributed by atoms with Crippen molar-refractivity contribution in [3.63, 3.8) is 0 Å². The minimum absolute atomic E-state index is 0.0431. The van der Waals surface area contributed by atoms with Gasteiger partial charge in [-0.25, -0.2) is 4.79 Å². The number of hydrogen-bond donors (Lipinski definition) is 2. The van der Waals surface area contributed by atoms with Crippen molar-refractivity contribution in [1.29, 1.82) is 0 Å². The van der Waals surface area contributed by atoms with E-state index in [2.05, 4.69) is 38.2 Å². The molecule has 1 heterocycles. The summed E-state index contributed by atoms with van der Waals surface area (Å²) in [5, 5.41) is 12.9. The van der Waals surface area contributed by atoms with E-state index >= 15 is 0 Å². The van der Waals surface area contributed by atoms with Crippen LogP contribution in [0.25, 0.3) is 0 Å². The molecule has 0 aromatic heterocycles. The van der Waals surface area contributed by atoms with E-state index in [4.69, 9.17) is 9.47 Å². The van der Waals surface area contributed by atoms with Crippen LogP contribution < -0.4 is 14.8 Å². The molecule has 1 aliphatic heterocycles. The predicted octanol–water partition coefficient (Wildman–Crippen LogP) is 7.74. The number of carboxylic acids is 1. The van der Waals surface area contributed by atoms with Crippen LogP contribution in [0.5, 0.6) is 17.2 Å². The lowest BCUT2D eigenvalue weighted by Gasteiger charge is -2.37. The lowest BCUT2D eigenvalue weighted by atomic mass is 9.87. The molecule has 8 heteroatoms. The highest BCUT2D eigenvalue weighted by molar-refractivity contribution is 5.91. The van der Waals surface area contributed by atoms with Crippen LogP contribution in [0.3, 0.4) is 0 Å². The molecule has 0 saturated heterocycles. The zero-order valence-corrected chi connectivity index (χ0v) is 29.1. The Bertz CT molecular complexity index is 1620. The van der Waals surface area contributed by atoms with E-state index < -0.39 is 24.0 Å². The first-order valence-electron chi connectivity index (χ1n) is 18.0. The molecular formula is C41H50N2O6. The maximum atomic E-state index is 13.9. The van der Waals surface area contributed by atoms with Crippen LogP contribution in [0.4, 0.5) is 0 Å². The molecule has 8 nitrogen and oxygen atoms in total. The second-order valence-electron chi connectivity index (χ2n) is 15.2. The summed E-state index contributed by atoms with van der Waals surface area (Å²) in [5.41, 5.74) is 3.93. The molecule has 3 aromatic rings. The third-order valence-electron chi connectivity index (χ3n) is 10.4. The lowest BCUT2D eigenvalue weighted by Crippen LogP contribution is -2.56. The van der Waals surface area contributed by atoms with Gasteiger partial charge in [0.05, 0.1) is 6.10 Å². The van der Waals surface area contributed by atoms with Crippen LogP contribution in [-0.2, 0) is 39.2 Å². The second kappa shape index (κ2) is 15.1. The van der Waals surface area contributed by atoms with Gasteiger partial charge in [0.15, 0.2) is 0 Å². The molecular weight excluding hydrogens is 616 g/mol. The zero-order chi connectivity index (χ0) is 34.5. The largest absolute Gasteiger partial charge is 0.490 e. The van der Waals surface area contributed by atoms with Crippen molar-refractivity contribution in [2.45, 2.75) is 122 Å². The molecule has 2 amide bonds. The monoisotopic (exact) mass is 666 g/mol. The van der Waals surface area contributed by atoms with E-state index in [1.165, 1.54) is 18.4 Å². The first-order valence-corrected chi connectivity index (χ1v) is 18.0. The highest BCUT2D eigenvalue weighted by Crippen LogP contribution is 2.34. The molecule has 260 valence electrons. The maximum Gasteiger partial charge on any atom is 0.326 e. The Labute approximate surface area is 290 Å². The van der Waals surface area contributed by atoms with Crippen LogP contribution in [-0.4, -0.2) is 46.0 Å². The number of carbonyl (C=O) groups excluding carboxylic acids is 2. The Balaban J connectivity index is 1.16. The fourth-order valence-corrected chi connectivity index (χ4v) is 7.46. The first-order chi connectivity index (χ1) is 23.5. The number of benzene rings is 3. The van der Waals surface area contributed by atoms with Crippen LogP contribution in [0.1, 0.15) is 101 Å². The maximum absolute atomic E-state index is 13.9. The van der Waals surface area contributed by atoms with Crippen LogP contribution in [0, 0.1) is 5.92 Å². The number of amides is 2. The zero-order valence-electron chi connectivity index (χ0n) is 29.1. The molecule has 3 aliphatic rings. The van der Waals surface area contributed by atoms with Gasteiger partial charge in [-0.1, -0.05) is 63.9 Å². The summed E-state index contributed by atoms with van der Waals surface area (Å²) in [6.07, 6.45) is 9.82. The van der Waals surface area contributed by atoms with Crippen molar-refractivity contribution in [1.82, 2.24) is 10.2 Å². The molecule has 2 atom stereocenters. The molecule has 3 aromatic carbocycles. The standard InChI is InChI=1S/C41H50N2O6/c1-41(2,3)31-15-20-34(21-16-31)49-35-19-14-29-25-37(43(26-30(29)24-35)38(44)23-27-8-4-5-9-27)39(45)42-36(40(46)47)22-28-12-17-33(18-13-28)48-32-10-6-7-11-32/h12-21,24,27,32,36-37H,4-11,22-23,25-26H2,1-3H3,(H,42,45)(H,46,47). The average molecular weight is 667 g/mol. The Kier molecular flexibility index (Phi) is 10.6. The minimum atomic E-state index is -1.14. The van der Waals surface area contributed by atoms with Crippen LogP contribution >= 0.6 is 0 Å².